The van der Waals surface area contributed by atoms with Crippen LogP contribution in [0.15, 0.2) is 118 Å². The third-order valence-corrected chi connectivity index (χ3v) is 6.72. The van der Waals surface area contributed by atoms with Crippen LogP contribution in [-0.2, 0) is 0 Å². The molecule has 5 aromatic carbocycles. The Hall–Kier alpha value is -4.83. The zero-order valence-corrected chi connectivity index (χ0v) is 18.6. The van der Waals surface area contributed by atoms with E-state index in [1.54, 1.807) is 12.1 Å². The predicted octanol–water partition coefficient (Wildman–Crippen LogP) is 7.42. The number of rotatable bonds is 2. The fourth-order valence-electron chi connectivity index (χ4n) is 5.11. The Morgan fingerprint density at radius 2 is 1.29 bits per heavy atom. The summed E-state index contributed by atoms with van der Waals surface area (Å²) in [7, 11) is 0. The number of fused-ring (bicyclic) bond motifs is 6. The van der Waals surface area contributed by atoms with Crippen LogP contribution in [0.1, 0.15) is 0 Å². The van der Waals surface area contributed by atoms with Crippen LogP contribution in [0.3, 0.4) is 0 Å². The van der Waals surface area contributed by atoms with Crippen molar-refractivity contribution in [2.75, 3.05) is 0 Å². The van der Waals surface area contributed by atoms with E-state index in [2.05, 4.69) is 71.3 Å². The van der Waals surface area contributed by atoms with E-state index in [4.69, 9.17) is 4.42 Å². The van der Waals surface area contributed by atoms with Gasteiger partial charge >= 0.3 is 5.63 Å². The Morgan fingerprint density at radius 3 is 2.17 bits per heavy atom. The van der Waals surface area contributed by atoms with Crippen LogP contribution >= 0.6 is 0 Å². The number of para-hydroxylation sites is 2. The number of phenolic OH excluding ortho intramolecular Hbond substituents is 1. The summed E-state index contributed by atoms with van der Waals surface area (Å²) in [6.45, 7) is 0. The average molecular weight is 453 g/mol. The maximum absolute atomic E-state index is 12.6. The van der Waals surface area contributed by atoms with Crippen molar-refractivity contribution < 1.29 is 9.52 Å². The van der Waals surface area contributed by atoms with Crippen molar-refractivity contribution in [3.05, 3.63) is 120 Å². The highest BCUT2D eigenvalue weighted by atomic mass is 16.4. The van der Waals surface area contributed by atoms with Crippen molar-refractivity contribution in [3.8, 4) is 22.6 Å². The summed E-state index contributed by atoms with van der Waals surface area (Å²) in [6, 6.07) is 36.0. The quantitative estimate of drug-likeness (QED) is 0.219. The first kappa shape index (κ1) is 19.6. The number of aromatic nitrogens is 1. The molecule has 7 aromatic rings. The molecule has 0 aliphatic heterocycles. The van der Waals surface area contributed by atoms with Gasteiger partial charge in [-0.1, -0.05) is 48.5 Å². The van der Waals surface area contributed by atoms with Gasteiger partial charge in [-0.3, -0.25) is 0 Å². The topological polar surface area (TPSA) is 55.4 Å². The van der Waals surface area contributed by atoms with Gasteiger partial charge in [0.2, 0.25) is 0 Å². The van der Waals surface area contributed by atoms with Gasteiger partial charge in [-0.25, -0.2) is 4.79 Å². The normalized spacial score (nSPS) is 11.7. The Morgan fingerprint density at radius 1 is 0.571 bits per heavy atom. The molecule has 0 atom stereocenters. The Bertz CT molecular complexity index is 1980. The molecule has 0 amide bonds. The highest BCUT2D eigenvalue weighted by molar-refractivity contribution is 6.11. The zero-order chi connectivity index (χ0) is 23.5. The van der Waals surface area contributed by atoms with Crippen LogP contribution in [0.2, 0.25) is 0 Å². The molecule has 0 radical (unpaired) electrons. The van der Waals surface area contributed by atoms with Crippen LogP contribution in [0.25, 0.3) is 60.4 Å². The van der Waals surface area contributed by atoms with Crippen molar-refractivity contribution in [2.24, 2.45) is 0 Å². The van der Waals surface area contributed by atoms with E-state index in [9.17, 15) is 9.90 Å². The number of hydrogen-bond donors (Lipinski definition) is 1. The van der Waals surface area contributed by atoms with Gasteiger partial charge in [0.1, 0.15) is 11.3 Å². The summed E-state index contributed by atoms with van der Waals surface area (Å²) in [5.74, 6) is 0.0451. The fourth-order valence-corrected chi connectivity index (χ4v) is 5.11. The molecule has 35 heavy (non-hydrogen) atoms. The molecule has 166 valence electrons. The molecule has 0 fully saturated rings. The summed E-state index contributed by atoms with van der Waals surface area (Å²) in [6.07, 6.45) is 0. The minimum absolute atomic E-state index is 0.0451. The van der Waals surface area contributed by atoms with Gasteiger partial charge in [-0.05, 0) is 71.8 Å². The molecule has 0 aliphatic carbocycles. The predicted molar refractivity (Wildman–Crippen MR) is 141 cm³/mol. The number of hydrogen-bond acceptors (Lipinski definition) is 3. The van der Waals surface area contributed by atoms with Gasteiger partial charge in [0.25, 0.3) is 0 Å². The maximum Gasteiger partial charge on any atom is 0.344 e. The molecule has 0 saturated carbocycles. The number of nitrogens with zero attached hydrogens (tertiary/aromatic N) is 1. The van der Waals surface area contributed by atoms with E-state index >= 15 is 0 Å². The second-order valence-corrected chi connectivity index (χ2v) is 8.75. The standard InChI is InChI=1S/C31H19NO3/c33-22-12-14-23-25-13-10-20(17-30(25)35-31(34)27(23)18-22)19-11-15-29-26(16-19)24-8-4-5-9-28(24)32(29)21-6-2-1-3-7-21/h1-18,33H. The summed E-state index contributed by atoms with van der Waals surface area (Å²) < 4.78 is 7.93. The first-order chi connectivity index (χ1) is 17.2. The van der Waals surface area contributed by atoms with Crippen LogP contribution < -0.4 is 5.63 Å². The molecule has 4 nitrogen and oxygen atoms in total. The van der Waals surface area contributed by atoms with Crippen molar-refractivity contribution in [2.45, 2.75) is 0 Å². The second-order valence-electron chi connectivity index (χ2n) is 8.75. The van der Waals surface area contributed by atoms with E-state index in [1.165, 1.54) is 11.5 Å². The third kappa shape index (κ3) is 2.97. The summed E-state index contributed by atoms with van der Waals surface area (Å²) in [5.41, 5.74) is 5.50. The zero-order valence-electron chi connectivity index (χ0n) is 18.6. The molecule has 4 heteroatoms. The molecule has 2 aromatic heterocycles. The van der Waals surface area contributed by atoms with E-state index in [-0.39, 0.29) is 5.75 Å². The highest BCUT2D eigenvalue weighted by Crippen LogP contribution is 2.36. The van der Waals surface area contributed by atoms with Crippen LogP contribution in [-0.4, -0.2) is 9.67 Å². The molecule has 1 N–H and O–H groups in total. The minimum atomic E-state index is -0.457. The number of phenols is 1. The van der Waals surface area contributed by atoms with Gasteiger partial charge in [-0.15, -0.1) is 0 Å². The lowest BCUT2D eigenvalue weighted by Crippen LogP contribution is -1.99. The number of aromatic hydroxyl groups is 1. The fraction of sp³-hybridized carbons (Fsp3) is 0. The van der Waals surface area contributed by atoms with Gasteiger partial charge in [0.15, 0.2) is 0 Å². The first-order valence-corrected chi connectivity index (χ1v) is 11.5. The van der Waals surface area contributed by atoms with Gasteiger partial charge in [0.05, 0.1) is 16.4 Å². The summed E-state index contributed by atoms with van der Waals surface area (Å²) >= 11 is 0. The summed E-state index contributed by atoms with van der Waals surface area (Å²) in [5, 5.41) is 14.1. The van der Waals surface area contributed by atoms with Crippen molar-refractivity contribution >= 4 is 43.5 Å². The van der Waals surface area contributed by atoms with Crippen LogP contribution in [0, 0.1) is 0 Å². The molecule has 7 rings (SSSR count). The Kier molecular flexibility index (Phi) is 4.11. The lowest BCUT2D eigenvalue weighted by Gasteiger charge is -2.09. The maximum atomic E-state index is 12.6. The first-order valence-electron chi connectivity index (χ1n) is 11.5. The lowest BCUT2D eigenvalue weighted by atomic mass is 10.00. The van der Waals surface area contributed by atoms with Gasteiger partial charge < -0.3 is 14.1 Å². The Balaban J connectivity index is 1.46. The largest absolute Gasteiger partial charge is 0.508 e. The van der Waals surface area contributed by atoms with Crippen molar-refractivity contribution in [1.82, 2.24) is 4.57 Å². The van der Waals surface area contributed by atoms with E-state index in [1.807, 2.05) is 24.3 Å². The van der Waals surface area contributed by atoms with E-state index in [0.29, 0.717) is 11.0 Å². The van der Waals surface area contributed by atoms with Crippen molar-refractivity contribution in [3.63, 3.8) is 0 Å². The molecular weight excluding hydrogens is 434 g/mol. The molecule has 0 unspecified atom stereocenters. The average Bonchev–Trinajstić information content (AvgIpc) is 3.23. The molecular formula is C31H19NO3. The second kappa shape index (κ2) is 7.34. The van der Waals surface area contributed by atoms with Crippen LogP contribution in [0.5, 0.6) is 5.75 Å². The number of benzene rings is 5. The highest BCUT2D eigenvalue weighted by Gasteiger charge is 2.14. The molecule has 0 spiro atoms. The lowest BCUT2D eigenvalue weighted by molar-refractivity contribution is 0.475. The molecule has 0 bridgehead atoms. The monoisotopic (exact) mass is 453 g/mol. The molecule has 0 saturated heterocycles. The SMILES string of the molecule is O=c1oc2cc(-c3ccc4c(c3)c3ccccc3n4-c3ccccc3)ccc2c2ccc(O)cc12. The molecule has 2 heterocycles. The van der Waals surface area contributed by atoms with E-state index < -0.39 is 5.63 Å². The smallest absolute Gasteiger partial charge is 0.344 e. The Labute approximate surface area is 199 Å². The van der Waals surface area contributed by atoms with E-state index in [0.717, 1.165) is 44.0 Å². The molecule has 0 aliphatic rings. The third-order valence-electron chi connectivity index (χ3n) is 6.72. The van der Waals surface area contributed by atoms with Gasteiger partial charge in [0, 0.05) is 27.2 Å². The van der Waals surface area contributed by atoms with Gasteiger partial charge in [-0.2, -0.15) is 0 Å². The minimum Gasteiger partial charge on any atom is -0.508 e. The summed E-state index contributed by atoms with van der Waals surface area (Å²) in [4.78, 5) is 12.6. The van der Waals surface area contributed by atoms with Crippen LogP contribution in [0.4, 0.5) is 0 Å². The van der Waals surface area contributed by atoms with Crippen molar-refractivity contribution in [1.29, 1.82) is 0 Å².